The molecule has 1 aliphatic rings. The van der Waals surface area contributed by atoms with Gasteiger partial charge in [-0.05, 0) is 26.2 Å². The van der Waals surface area contributed by atoms with Gasteiger partial charge in [-0.3, -0.25) is 4.79 Å². The number of carbonyl (C=O) groups excluding carboxylic acids is 1. The summed E-state index contributed by atoms with van der Waals surface area (Å²) in [7, 11) is 0. The Morgan fingerprint density at radius 1 is 0.651 bits per heavy atom. The third kappa shape index (κ3) is 20.9. The molecule has 0 spiro atoms. The Hall–Kier alpha value is -0.650. The second kappa shape index (κ2) is 26.6. The number of ether oxygens (including phenoxy) is 2. The minimum atomic E-state index is -1.47. The Morgan fingerprint density at radius 2 is 1.09 bits per heavy atom. The number of hydrogen-bond acceptors (Lipinski definition) is 9. The lowest BCUT2D eigenvalue weighted by molar-refractivity contribution is -0.300. The number of aliphatic hydroxyl groups excluding tert-OH is 6. The van der Waals surface area contributed by atoms with Crippen molar-refractivity contribution in [3.63, 3.8) is 0 Å². The van der Waals surface area contributed by atoms with Gasteiger partial charge < -0.3 is 40.1 Å². The van der Waals surface area contributed by atoms with Crippen LogP contribution >= 0.6 is 0 Å². The topological polar surface area (TPSA) is 157 Å². The molecule has 7 atom stereocenters. The number of unbranched alkanes of at least 4 members (excludes halogenated alkanes) is 18. The first-order valence-corrected chi connectivity index (χ1v) is 17.6. The van der Waals surface area contributed by atoms with Crippen LogP contribution in [-0.4, -0.2) is 92.5 Å². The number of hydrogen-bond donors (Lipinski definition) is 6. The van der Waals surface area contributed by atoms with Crippen LogP contribution in [0.4, 0.5) is 0 Å². The predicted octanol–water partition coefficient (Wildman–Crippen LogP) is 5.09. The van der Waals surface area contributed by atoms with Crippen LogP contribution in [0.5, 0.6) is 0 Å². The fourth-order valence-electron chi connectivity index (χ4n) is 5.84. The first-order valence-electron chi connectivity index (χ1n) is 17.6. The zero-order valence-electron chi connectivity index (χ0n) is 27.1. The lowest BCUT2D eigenvalue weighted by atomic mass is 9.99. The van der Waals surface area contributed by atoms with E-state index in [4.69, 9.17) is 9.47 Å². The van der Waals surface area contributed by atoms with Crippen molar-refractivity contribution in [2.24, 2.45) is 0 Å². The van der Waals surface area contributed by atoms with Crippen molar-refractivity contribution in [1.82, 2.24) is 0 Å². The van der Waals surface area contributed by atoms with Gasteiger partial charge in [-0.1, -0.05) is 116 Å². The van der Waals surface area contributed by atoms with Crippen molar-refractivity contribution < 1.29 is 44.9 Å². The molecule has 1 rings (SSSR count). The second-order valence-electron chi connectivity index (χ2n) is 12.9. The molecule has 0 aromatic rings. The fraction of sp³-hybridized carbons (Fsp3) is 0.971. The predicted molar refractivity (Wildman–Crippen MR) is 169 cm³/mol. The van der Waals surface area contributed by atoms with E-state index < -0.39 is 43.4 Å². The monoisotopic (exact) mass is 618 g/mol. The van der Waals surface area contributed by atoms with Crippen molar-refractivity contribution in [3.8, 4) is 0 Å². The molecule has 9 nitrogen and oxygen atoms in total. The molecular weight excluding hydrogens is 552 g/mol. The van der Waals surface area contributed by atoms with Crippen molar-refractivity contribution in [3.05, 3.63) is 0 Å². The molecule has 1 saturated heterocycles. The summed E-state index contributed by atoms with van der Waals surface area (Å²) in [5.41, 5.74) is 0. The summed E-state index contributed by atoms with van der Waals surface area (Å²) in [5.74, 6) is 0.0960. The molecule has 0 amide bonds. The number of aliphatic hydroxyl groups is 6. The number of rotatable bonds is 29. The molecule has 0 radical (unpaired) electrons. The van der Waals surface area contributed by atoms with Crippen molar-refractivity contribution in [2.45, 2.75) is 198 Å². The standard InChI is InChI=1S/C34H66O9/c1-27(36)25-29(38)22-20-18-16-14-12-10-8-6-4-2-3-5-7-9-11-13-15-17-19-21-28(37)23-24-42-34-33(41)32(40)31(39)30(26-35)43-34/h27,29-36,38-41H,2-26H2,1H3/t27-,29+,30+,31+,32-,33+,34+/m0/s1. The number of carbonyl (C=O) groups is 1. The second-order valence-corrected chi connectivity index (χ2v) is 12.9. The molecule has 0 aliphatic carbocycles. The van der Waals surface area contributed by atoms with Gasteiger partial charge in [0, 0.05) is 12.8 Å². The quantitative estimate of drug-likeness (QED) is 0.0629. The molecular formula is C34H66O9. The number of Topliss-reactive ketones (excluding diaryl/α,β-unsaturated/α-hetero) is 1. The van der Waals surface area contributed by atoms with E-state index in [1.807, 2.05) is 0 Å². The highest BCUT2D eigenvalue weighted by Crippen LogP contribution is 2.22. The zero-order valence-corrected chi connectivity index (χ0v) is 27.1. The summed E-state index contributed by atoms with van der Waals surface area (Å²) in [6.07, 6.45) is 18.6. The SMILES string of the molecule is C[C@H](O)C[C@H](O)CCCCCCCCCCCCCCCCCCCCCC(=O)CCO[C@@H]1O[C@H](CO)[C@@H](O)[C@H](O)[C@H]1O. The maximum Gasteiger partial charge on any atom is 0.186 e. The fourth-order valence-corrected chi connectivity index (χ4v) is 5.84. The molecule has 0 unspecified atom stereocenters. The van der Waals surface area contributed by atoms with Gasteiger partial charge in [0.15, 0.2) is 6.29 Å². The molecule has 6 N–H and O–H groups in total. The molecule has 256 valence electrons. The first kappa shape index (κ1) is 40.4. The minimum Gasteiger partial charge on any atom is -0.394 e. The summed E-state index contributed by atoms with van der Waals surface area (Å²) in [6.45, 7) is 1.28. The zero-order chi connectivity index (χ0) is 31.7. The van der Waals surface area contributed by atoms with E-state index in [0.29, 0.717) is 12.8 Å². The van der Waals surface area contributed by atoms with Crippen LogP contribution in [0.1, 0.15) is 155 Å². The van der Waals surface area contributed by atoms with Gasteiger partial charge in [0.2, 0.25) is 0 Å². The Labute approximate surface area is 261 Å². The van der Waals surface area contributed by atoms with E-state index in [0.717, 1.165) is 32.1 Å². The van der Waals surface area contributed by atoms with Crippen LogP contribution in [-0.2, 0) is 14.3 Å². The molecule has 9 heteroatoms. The van der Waals surface area contributed by atoms with Crippen LogP contribution in [0.2, 0.25) is 0 Å². The van der Waals surface area contributed by atoms with E-state index >= 15 is 0 Å². The molecule has 0 aromatic carbocycles. The normalized spacial score (nSPS) is 23.8. The van der Waals surface area contributed by atoms with Gasteiger partial charge in [0.25, 0.3) is 0 Å². The average molecular weight is 619 g/mol. The van der Waals surface area contributed by atoms with Crippen LogP contribution in [0, 0.1) is 0 Å². The van der Waals surface area contributed by atoms with Gasteiger partial charge in [-0.25, -0.2) is 0 Å². The van der Waals surface area contributed by atoms with E-state index in [9.17, 15) is 35.4 Å². The van der Waals surface area contributed by atoms with E-state index in [1.54, 1.807) is 6.92 Å². The van der Waals surface area contributed by atoms with E-state index in [1.165, 1.54) is 96.3 Å². The maximum absolute atomic E-state index is 12.1. The van der Waals surface area contributed by atoms with Crippen LogP contribution in [0.3, 0.4) is 0 Å². The highest BCUT2D eigenvalue weighted by molar-refractivity contribution is 5.78. The van der Waals surface area contributed by atoms with E-state index in [2.05, 4.69) is 0 Å². The minimum absolute atomic E-state index is 0.0584. The van der Waals surface area contributed by atoms with Gasteiger partial charge in [-0.15, -0.1) is 0 Å². The maximum atomic E-state index is 12.1. The van der Waals surface area contributed by atoms with Crippen LogP contribution < -0.4 is 0 Å². The Morgan fingerprint density at radius 3 is 1.53 bits per heavy atom. The van der Waals surface area contributed by atoms with Gasteiger partial charge in [0.1, 0.15) is 30.2 Å². The van der Waals surface area contributed by atoms with Crippen molar-refractivity contribution in [2.75, 3.05) is 13.2 Å². The smallest absolute Gasteiger partial charge is 0.186 e. The lowest BCUT2D eigenvalue weighted by Crippen LogP contribution is -2.59. The van der Waals surface area contributed by atoms with Gasteiger partial charge >= 0.3 is 0 Å². The Bertz CT molecular complexity index is 645. The molecule has 1 fully saturated rings. The van der Waals surface area contributed by atoms with Gasteiger partial charge in [0.05, 0.1) is 25.4 Å². The first-order chi connectivity index (χ1) is 20.8. The summed E-state index contributed by atoms with van der Waals surface area (Å²) < 4.78 is 10.7. The highest BCUT2D eigenvalue weighted by atomic mass is 16.7. The summed E-state index contributed by atoms with van der Waals surface area (Å²) in [4.78, 5) is 12.1. The van der Waals surface area contributed by atoms with Crippen molar-refractivity contribution in [1.29, 1.82) is 0 Å². The summed E-state index contributed by atoms with van der Waals surface area (Å²) >= 11 is 0. The van der Waals surface area contributed by atoms with E-state index in [-0.39, 0.29) is 24.9 Å². The molecule has 1 heterocycles. The summed E-state index contributed by atoms with van der Waals surface area (Å²) in [6, 6.07) is 0. The Balaban J connectivity index is 1.79. The van der Waals surface area contributed by atoms with Gasteiger partial charge in [-0.2, -0.15) is 0 Å². The number of ketones is 1. The molecule has 0 saturated carbocycles. The van der Waals surface area contributed by atoms with Crippen molar-refractivity contribution >= 4 is 5.78 Å². The third-order valence-corrected chi connectivity index (χ3v) is 8.62. The molecule has 1 aliphatic heterocycles. The average Bonchev–Trinajstić information content (AvgIpc) is 2.97. The highest BCUT2D eigenvalue weighted by Gasteiger charge is 2.43. The molecule has 0 aromatic heterocycles. The lowest BCUT2D eigenvalue weighted by Gasteiger charge is -2.39. The largest absolute Gasteiger partial charge is 0.394 e. The van der Waals surface area contributed by atoms with Crippen LogP contribution in [0.15, 0.2) is 0 Å². The molecule has 0 bridgehead atoms. The van der Waals surface area contributed by atoms with Crippen LogP contribution in [0.25, 0.3) is 0 Å². The third-order valence-electron chi connectivity index (χ3n) is 8.62. The summed E-state index contributed by atoms with van der Waals surface area (Å²) in [5, 5.41) is 57.8. The Kier molecular flexibility index (Phi) is 24.9. The molecule has 43 heavy (non-hydrogen) atoms.